The number of hydrogen-bond acceptors (Lipinski definition) is 2. The first-order chi connectivity index (χ1) is 10.1. The van der Waals surface area contributed by atoms with Gasteiger partial charge in [0.15, 0.2) is 0 Å². The van der Waals surface area contributed by atoms with Crippen LogP contribution in [-0.4, -0.2) is 5.91 Å². The standard InChI is InChI=1S/C17H17ClN2O/c1-10-15(18)13(16(19)11-5-3-2-4-6-11)9-12-7-8-14(21)20-17(10)12/h2-6,9,16H,7-8,19H2,1H3,(H,20,21). The average Bonchev–Trinajstić information content (AvgIpc) is 2.51. The first-order valence-electron chi connectivity index (χ1n) is 7.00. The molecule has 1 heterocycles. The molecule has 4 heteroatoms. The lowest BCUT2D eigenvalue weighted by Gasteiger charge is -2.24. The quantitative estimate of drug-likeness (QED) is 0.890. The van der Waals surface area contributed by atoms with E-state index in [1.165, 1.54) is 0 Å². The summed E-state index contributed by atoms with van der Waals surface area (Å²) >= 11 is 6.49. The average molecular weight is 301 g/mol. The van der Waals surface area contributed by atoms with Gasteiger partial charge >= 0.3 is 0 Å². The summed E-state index contributed by atoms with van der Waals surface area (Å²) in [5, 5.41) is 3.54. The van der Waals surface area contributed by atoms with Crippen molar-refractivity contribution in [3.05, 3.63) is 63.7 Å². The second-order valence-electron chi connectivity index (χ2n) is 5.38. The van der Waals surface area contributed by atoms with Gasteiger partial charge in [-0.25, -0.2) is 0 Å². The number of carbonyl (C=O) groups excluding carboxylic acids is 1. The van der Waals surface area contributed by atoms with E-state index in [9.17, 15) is 4.79 Å². The Hall–Kier alpha value is -1.84. The van der Waals surface area contributed by atoms with Crippen LogP contribution in [0.2, 0.25) is 5.02 Å². The number of hydrogen-bond donors (Lipinski definition) is 2. The molecule has 0 aromatic heterocycles. The summed E-state index contributed by atoms with van der Waals surface area (Å²) < 4.78 is 0. The van der Waals surface area contributed by atoms with E-state index in [-0.39, 0.29) is 11.9 Å². The van der Waals surface area contributed by atoms with Crippen molar-refractivity contribution in [2.75, 3.05) is 5.32 Å². The Morgan fingerprint density at radius 3 is 2.67 bits per heavy atom. The van der Waals surface area contributed by atoms with Crippen LogP contribution in [0.5, 0.6) is 0 Å². The minimum atomic E-state index is -0.264. The van der Waals surface area contributed by atoms with Gasteiger partial charge in [0.25, 0.3) is 0 Å². The van der Waals surface area contributed by atoms with E-state index < -0.39 is 0 Å². The van der Waals surface area contributed by atoms with Gasteiger partial charge in [0.2, 0.25) is 5.91 Å². The van der Waals surface area contributed by atoms with Crippen molar-refractivity contribution < 1.29 is 4.79 Å². The molecular weight excluding hydrogens is 284 g/mol. The molecule has 2 aromatic carbocycles. The van der Waals surface area contributed by atoms with Crippen molar-refractivity contribution in [1.82, 2.24) is 0 Å². The van der Waals surface area contributed by atoms with Crippen molar-refractivity contribution in [2.45, 2.75) is 25.8 Å². The summed E-state index contributed by atoms with van der Waals surface area (Å²) in [5.41, 5.74) is 11.2. The molecule has 1 aliphatic rings. The fraction of sp³-hybridized carbons (Fsp3) is 0.235. The third kappa shape index (κ3) is 2.55. The molecule has 0 saturated carbocycles. The molecule has 0 fully saturated rings. The van der Waals surface area contributed by atoms with Gasteiger partial charge < -0.3 is 11.1 Å². The molecule has 3 nitrogen and oxygen atoms in total. The number of nitrogens with two attached hydrogens (primary N) is 1. The van der Waals surface area contributed by atoms with Crippen LogP contribution in [-0.2, 0) is 11.2 Å². The molecule has 21 heavy (non-hydrogen) atoms. The molecule has 1 unspecified atom stereocenters. The van der Waals surface area contributed by atoms with Crippen molar-refractivity contribution in [3.8, 4) is 0 Å². The summed E-state index contributed by atoms with van der Waals surface area (Å²) in [4.78, 5) is 11.6. The highest BCUT2D eigenvalue weighted by Gasteiger charge is 2.23. The van der Waals surface area contributed by atoms with E-state index in [1.54, 1.807) is 0 Å². The number of anilines is 1. The molecule has 0 radical (unpaired) electrons. The fourth-order valence-electron chi connectivity index (χ4n) is 2.78. The molecule has 3 rings (SSSR count). The van der Waals surface area contributed by atoms with Crippen LogP contribution >= 0.6 is 11.6 Å². The lowest BCUT2D eigenvalue weighted by molar-refractivity contribution is -0.116. The van der Waals surface area contributed by atoms with Crippen LogP contribution in [0, 0.1) is 6.92 Å². The van der Waals surface area contributed by atoms with Crippen LogP contribution in [0.3, 0.4) is 0 Å². The maximum atomic E-state index is 11.6. The Bertz CT molecular complexity index is 698. The summed E-state index contributed by atoms with van der Waals surface area (Å²) in [7, 11) is 0. The number of benzene rings is 2. The van der Waals surface area contributed by atoms with Crippen LogP contribution in [0.4, 0.5) is 5.69 Å². The minimum Gasteiger partial charge on any atom is -0.326 e. The Morgan fingerprint density at radius 1 is 1.24 bits per heavy atom. The zero-order valence-corrected chi connectivity index (χ0v) is 12.6. The smallest absolute Gasteiger partial charge is 0.224 e. The van der Waals surface area contributed by atoms with E-state index in [2.05, 4.69) is 5.32 Å². The molecule has 0 bridgehead atoms. The molecule has 1 amide bonds. The molecule has 3 N–H and O–H groups in total. The third-order valence-electron chi connectivity index (χ3n) is 3.99. The SMILES string of the molecule is Cc1c(Cl)c(C(N)c2ccccc2)cc2c1NC(=O)CC2. The predicted octanol–water partition coefficient (Wildman–Crippen LogP) is 3.58. The van der Waals surface area contributed by atoms with E-state index in [1.807, 2.05) is 43.3 Å². The topological polar surface area (TPSA) is 55.1 Å². The second kappa shape index (κ2) is 5.51. The van der Waals surface area contributed by atoms with E-state index >= 15 is 0 Å². The van der Waals surface area contributed by atoms with Crippen LogP contribution < -0.4 is 11.1 Å². The molecule has 1 aliphatic heterocycles. The first kappa shape index (κ1) is 14.1. The van der Waals surface area contributed by atoms with Crippen molar-refractivity contribution in [1.29, 1.82) is 0 Å². The monoisotopic (exact) mass is 300 g/mol. The molecular formula is C17H17ClN2O. The lowest BCUT2D eigenvalue weighted by atomic mass is 9.91. The molecule has 2 aromatic rings. The predicted molar refractivity (Wildman–Crippen MR) is 85.6 cm³/mol. The Kier molecular flexibility index (Phi) is 3.70. The van der Waals surface area contributed by atoms with Crippen LogP contribution in [0.25, 0.3) is 0 Å². The lowest BCUT2D eigenvalue weighted by Crippen LogP contribution is -2.21. The fourth-order valence-corrected chi connectivity index (χ4v) is 3.04. The van der Waals surface area contributed by atoms with E-state index in [4.69, 9.17) is 17.3 Å². The van der Waals surface area contributed by atoms with Crippen LogP contribution in [0.15, 0.2) is 36.4 Å². The summed E-state index contributed by atoms with van der Waals surface area (Å²) in [6.45, 7) is 1.92. The molecule has 0 aliphatic carbocycles. The van der Waals surface area contributed by atoms with Crippen molar-refractivity contribution >= 4 is 23.2 Å². The molecule has 1 atom stereocenters. The van der Waals surface area contributed by atoms with Gasteiger partial charge in [0, 0.05) is 12.1 Å². The number of nitrogens with one attached hydrogen (secondary N) is 1. The number of fused-ring (bicyclic) bond motifs is 1. The highest BCUT2D eigenvalue weighted by molar-refractivity contribution is 6.32. The summed E-state index contributed by atoms with van der Waals surface area (Å²) in [6, 6.07) is 11.7. The Labute approximate surface area is 129 Å². The minimum absolute atomic E-state index is 0.0433. The Morgan fingerprint density at radius 2 is 1.95 bits per heavy atom. The van der Waals surface area contributed by atoms with Gasteiger partial charge in [0.1, 0.15) is 0 Å². The normalized spacial score (nSPS) is 15.3. The van der Waals surface area contributed by atoms with Gasteiger partial charge in [0.05, 0.1) is 11.1 Å². The number of aryl methyl sites for hydroxylation is 1. The highest BCUT2D eigenvalue weighted by Crippen LogP contribution is 2.37. The van der Waals surface area contributed by atoms with Crippen molar-refractivity contribution in [3.63, 3.8) is 0 Å². The largest absolute Gasteiger partial charge is 0.326 e. The highest BCUT2D eigenvalue weighted by atomic mass is 35.5. The van der Waals surface area contributed by atoms with Gasteiger partial charge in [-0.2, -0.15) is 0 Å². The molecule has 108 valence electrons. The Balaban J connectivity index is 2.08. The third-order valence-corrected chi connectivity index (χ3v) is 4.49. The van der Waals surface area contributed by atoms with Gasteiger partial charge in [-0.15, -0.1) is 0 Å². The van der Waals surface area contributed by atoms with Gasteiger partial charge in [-0.3, -0.25) is 4.79 Å². The van der Waals surface area contributed by atoms with Gasteiger partial charge in [-0.05, 0) is 35.6 Å². The van der Waals surface area contributed by atoms with Gasteiger partial charge in [-0.1, -0.05) is 48.0 Å². The van der Waals surface area contributed by atoms with E-state index in [0.29, 0.717) is 11.4 Å². The maximum Gasteiger partial charge on any atom is 0.224 e. The number of rotatable bonds is 2. The number of carbonyl (C=O) groups is 1. The summed E-state index contributed by atoms with van der Waals surface area (Å²) in [6.07, 6.45) is 1.24. The van der Waals surface area contributed by atoms with E-state index in [0.717, 1.165) is 34.4 Å². The first-order valence-corrected chi connectivity index (χ1v) is 7.38. The number of amides is 1. The summed E-state index contributed by atoms with van der Waals surface area (Å²) in [5.74, 6) is 0.0433. The zero-order valence-electron chi connectivity index (χ0n) is 11.8. The second-order valence-corrected chi connectivity index (χ2v) is 5.75. The van der Waals surface area contributed by atoms with Crippen LogP contribution in [0.1, 0.15) is 34.7 Å². The maximum absolute atomic E-state index is 11.6. The molecule has 0 saturated heterocycles. The zero-order chi connectivity index (χ0) is 15.0. The molecule has 0 spiro atoms. The number of halogens is 1. The van der Waals surface area contributed by atoms with Crippen molar-refractivity contribution in [2.24, 2.45) is 5.73 Å².